The van der Waals surface area contributed by atoms with Crippen LogP contribution in [0.1, 0.15) is 11.1 Å². The molecule has 0 fully saturated rings. The third-order valence-electron chi connectivity index (χ3n) is 3.14. The Bertz CT molecular complexity index is 528. The minimum Gasteiger partial charge on any atom is -0.396 e. The molecule has 1 atom stereocenters. The van der Waals surface area contributed by atoms with Crippen molar-refractivity contribution in [2.45, 2.75) is 12.8 Å². The average Bonchev–Trinajstić information content (AvgIpc) is 2.43. The first kappa shape index (κ1) is 14.2. The highest BCUT2D eigenvalue weighted by molar-refractivity contribution is 9.10. The van der Waals surface area contributed by atoms with Crippen molar-refractivity contribution in [3.05, 3.63) is 69.9 Å². The first-order valence-electron chi connectivity index (χ1n) is 6.27. The molecule has 0 bridgehead atoms. The molecular weight excluding hydrogens is 307 g/mol. The maximum Gasteiger partial charge on any atom is 0.126 e. The summed E-state index contributed by atoms with van der Waals surface area (Å²) in [5.41, 5.74) is 1.81. The van der Waals surface area contributed by atoms with E-state index in [0.717, 1.165) is 16.5 Å². The fourth-order valence-corrected chi connectivity index (χ4v) is 2.57. The van der Waals surface area contributed by atoms with Gasteiger partial charge in [-0.15, -0.1) is 0 Å². The number of hydrogen-bond acceptors (Lipinski definition) is 1. The molecule has 19 heavy (non-hydrogen) atoms. The highest BCUT2D eigenvalue weighted by atomic mass is 79.9. The Morgan fingerprint density at radius 3 is 2.47 bits per heavy atom. The first-order chi connectivity index (χ1) is 9.19. The molecule has 1 unspecified atom stereocenters. The van der Waals surface area contributed by atoms with Crippen LogP contribution in [0.15, 0.2) is 53.0 Å². The summed E-state index contributed by atoms with van der Waals surface area (Å²) in [5, 5.41) is 9.47. The Hall–Kier alpha value is -1.19. The van der Waals surface area contributed by atoms with E-state index in [-0.39, 0.29) is 18.3 Å². The summed E-state index contributed by atoms with van der Waals surface area (Å²) in [4.78, 5) is 0. The van der Waals surface area contributed by atoms with Crippen molar-refractivity contribution in [1.82, 2.24) is 0 Å². The Kier molecular flexibility index (Phi) is 5.11. The molecule has 0 saturated carbocycles. The van der Waals surface area contributed by atoms with Crippen LogP contribution in [0.2, 0.25) is 0 Å². The monoisotopic (exact) mass is 322 g/mol. The van der Waals surface area contributed by atoms with Gasteiger partial charge in [-0.1, -0.05) is 46.3 Å². The number of halogens is 2. The second-order valence-corrected chi connectivity index (χ2v) is 5.59. The van der Waals surface area contributed by atoms with Crippen LogP contribution >= 0.6 is 15.9 Å². The van der Waals surface area contributed by atoms with E-state index in [4.69, 9.17) is 0 Å². The van der Waals surface area contributed by atoms with Gasteiger partial charge in [0.05, 0.1) is 0 Å². The number of hydrogen-bond donors (Lipinski definition) is 1. The highest BCUT2D eigenvalue weighted by Crippen LogP contribution is 2.20. The van der Waals surface area contributed by atoms with E-state index >= 15 is 0 Å². The van der Waals surface area contributed by atoms with Crippen LogP contribution in [0.3, 0.4) is 0 Å². The summed E-state index contributed by atoms with van der Waals surface area (Å²) in [7, 11) is 0. The van der Waals surface area contributed by atoms with Crippen molar-refractivity contribution < 1.29 is 9.50 Å². The zero-order chi connectivity index (χ0) is 13.7. The minimum absolute atomic E-state index is 0.0335. The topological polar surface area (TPSA) is 20.2 Å². The van der Waals surface area contributed by atoms with Crippen LogP contribution in [0.25, 0.3) is 0 Å². The van der Waals surface area contributed by atoms with E-state index in [1.54, 1.807) is 12.1 Å². The number of benzene rings is 2. The molecule has 1 N–H and O–H groups in total. The minimum atomic E-state index is -0.213. The van der Waals surface area contributed by atoms with Crippen molar-refractivity contribution in [3.8, 4) is 0 Å². The van der Waals surface area contributed by atoms with E-state index in [1.807, 2.05) is 30.3 Å². The molecule has 3 heteroatoms. The second kappa shape index (κ2) is 6.83. The quantitative estimate of drug-likeness (QED) is 0.882. The summed E-state index contributed by atoms with van der Waals surface area (Å²) in [6.07, 6.45) is 1.29. The maximum atomic E-state index is 13.7. The number of aliphatic hydroxyl groups is 1. The van der Waals surface area contributed by atoms with Crippen molar-refractivity contribution >= 4 is 15.9 Å². The molecule has 1 nitrogen and oxygen atoms in total. The zero-order valence-electron chi connectivity index (χ0n) is 10.5. The standard InChI is InChI=1S/C16H16BrFO/c17-15-6-7-16(18)14(10-15)9-13(11-19)8-12-4-2-1-3-5-12/h1-7,10,13,19H,8-9,11H2. The lowest BCUT2D eigenvalue weighted by Crippen LogP contribution is -2.13. The summed E-state index contributed by atoms with van der Waals surface area (Å²) in [6, 6.07) is 14.9. The van der Waals surface area contributed by atoms with Gasteiger partial charge in [0.15, 0.2) is 0 Å². The molecular formula is C16H16BrFO. The molecule has 2 rings (SSSR count). The van der Waals surface area contributed by atoms with Gasteiger partial charge in [-0.25, -0.2) is 4.39 Å². The van der Waals surface area contributed by atoms with Gasteiger partial charge in [-0.2, -0.15) is 0 Å². The van der Waals surface area contributed by atoms with Gasteiger partial charge in [0.1, 0.15) is 5.82 Å². The van der Waals surface area contributed by atoms with Gasteiger partial charge in [-0.3, -0.25) is 0 Å². The lowest BCUT2D eigenvalue weighted by atomic mass is 9.93. The molecule has 0 aliphatic carbocycles. The third-order valence-corrected chi connectivity index (χ3v) is 3.64. The lowest BCUT2D eigenvalue weighted by Gasteiger charge is -2.15. The van der Waals surface area contributed by atoms with Gasteiger partial charge in [0, 0.05) is 11.1 Å². The van der Waals surface area contributed by atoms with Crippen LogP contribution in [0.4, 0.5) is 4.39 Å². The van der Waals surface area contributed by atoms with Crippen molar-refractivity contribution in [3.63, 3.8) is 0 Å². The lowest BCUT2D eigenvalue weighted by molar-refractivity contribution is 0.224. The van der Waals surface area contributed by atoms with Gasteiger partial charge < -0.3 is 5.11 Å². The Morgan fingerprint density at radius 2 is 1.79 bits per heavy atom. The fraction of sp³-hybridized carbons (Fsp3) is 0.250. The van der Waals surface area contributed by atoms with Crippen LogP contribution < -0.4 is 0 Å². The maximum absolute atomic E-state index is 13.7. The molecule has 100 valence electrons. The summed E-state index contributed by atoms with van der Waals surface area (Å²) in [6.45, 7) is 0.0564. The van der Waals surface area contributed by atoms with Crippen LogP contribution in [-0.2, 0) is 12.8 Å². The van der Waals surface area contributed by atoms with Crippen molar-refractivity contribution in [2.24, 2.45) is 5.92 Å². The largest absolute Gasteiger partial charge is 0.396 e. The second-order valence-electron chi connectivity index (χ2n) is 4.68. The van der Waals surface area contributed by atoms with Crippen molar-refractivity contribution in [1.29, 1.82) is 0 Å². The predicted molar refractivity (Wildman–Crippen MR) is 78.5 cm³/mol. The van der Waals surface area contributed by atoms with Crippen LogP contribution in [0, 0.1) is 11.7 Å². The molecule has 0 spiro atoms. The van der Waals surface area contributed by atoms with E-state index in [1.165, 1.54) is 6.07 Å². The smallest absolute Gasteiger partial charge is 0.126 e. The van der Waals surface area contributed by atoms with E-state index < -0.39 is 0 Å². The SMILES string of the molecule is OCC(Cc1ccccc1)Cc1cc(Br)ccc1F. The molecule has 0 saturated heterocycles. The normalized spacial score (nSPS) is 12.4. The molecule has 0 aliphatic rings. The zero-order valence-corrected chi connectivity index (χ0v) is 12.1. The summed E-state index contributed by atoms with van der Waals surface area (Å²) < 4.78 is 14.6. The van der Waals surface area contributed by atoms with Crippen LogP contribution in [-0.4, -0.2) is 11.7 Å². The third kappa shape index (κ3) is 4.15. The molecule has 0 radical (unpaired) electrons. The first-order valence-corrected chi connectivity index (χ1v) is 7.07. The van der Waals surface area contributed by atoms with Gasteiger partial charge in [-0.05, 0) is 48.1 Å². The van der Waals surface area contributed by atoms with Gasteiger partial charge in [0.25, 0.3) is 0 Å². The fourth-order valence-electron chi connectivity index (χ4n) is 2.16. The van der Waals surface area contributed by atoms with E-state index in [9.17, 15) is 9.50 Å². The Labute approximate surface area is 121 Å². The molecule has 2 aromatic rings. The Balaban J connectivity index is 2.09. The predicted octanol–water partition coefficient (Wildman–Crippen LogP) is 3.98. The molecule has 0 heterocycles. The summed E-state index contributed by atoms with van der Waals surface area (Å²) in [5.74, 6) is -0.180. The van der Waals surface area contributed by atoms with Crippen LogP contribution in [0.5, 0.6) is 0 Å². The van der Waals surface area contributed by atoms with E-state index in [0.29, 0.717) is 12.0 Å². The van der Waals surface area contributed by atoms with Gasteiger partial charge >= 0.3 is 0 Å². The van der Waals surface area contributed by atoms with E-state index in [2.05, 4.69) is 15.9 Å². The summed E-state index contributed by atoms with van der Waals surface area (Å²) >= 11 is 3.35. The van der Waals surface area contributed by atoms with Gasteiger partial charge in [0.2, 0.25) is 0 Å². The Morgan fingerprint density at radius 1 is 1.05 bits per heavy atom. The molecule has 0 amide bonds. The molecule has 0 aliphatic heterocycles. The number of rotatable bonds is 5. The average molecular weight is 323 g/mol. The highest BCUT2D eigenvalue weighted by Gasteiger charge is 2.13. The van der Waals surface area contributed by atoms with Crippen molar-refractivity contribution in [2.75, 3.05) is 6.61 Å². The molecule has 0 aromatic heterocycles. The number of aliphatic hydroxyl groups excluding tert-OH is 1. The molecule has 2 aromatic carbocycles.